The lowest BCUT2D eigenvalue weighted by Gasteiger charge is -2.44. The van der Waals surface area contributed by atoms with E-state index >= 15 is 0 Å². The van der Waals surface area contributed by atoms with Crippen molar-refractivity contribution in [1.82, 2.24) is 4.57 Å². The number of para-hydroxylation sites is 4. The lowest BCUT2D eigenvalue weighted by Crippen LogP contribution is -2.61. The van der Waals surface area contributed by atoms with E-state index in [1.807, 2.05) is 12.2 Å². The van der Waals surface area contributed by atoms with Gasteiger partial charge in [-0.1, -0.05) is 110 Å². The number of nitrogens with zero attached hydrogens (tertiary/aromatic N) is 3. The summed E-state index contributed by atoms with van der Waals surface area (Å²) in [6.45, 7) is 12.7. The third-order valence-electron chi connectivity index (χ3n) is 9.54. The van der Waals surface area contributed by atoms with Gasteiger partial charge in [0.25, 0.3) is 6.71 Å². The van der Waals surface area contributed by atoms with E-state index in [0.29, 0.717) is 0 Å². The second kappa shape index (κ2) is 12.0. The molecule has 0 bridgehead atoms. The van der Waals surface area contributed by atoms with E-state index in [-0.39, 0.29) is 6.71 Å². The predicted octanol–water partition coefficient (Wildman–Crippen LogP) is 9.91. The number of aromatic nitrogens is 1. The fourth-order valence-corrected chi connectivity index (χ4v) is 7.72. The van der Waals surface area contributed by atoms with Gasteiger partial charge in [-0.3, -0.25) is 0 Å². The van der Waals surface area contributed by atoms with Gasteiger partial charge in [0.15, 0.2) is 0 Å². The van der Waals surface area contributed by atoms with Crippen molar-refractivity contribution in [3.63, 3.8) is 0 Å². The molecule has 5 aromatic carbocycles. The molecule has 1 aromatic heterocycles. The van der Waals surface area contributed by atoms with Crippen LogP contribution in [0.2, 0.25) is 0 Å². The van der Waals surface area contributed by atoms with Crippen LogP contribution in [0, 0.1) is 0 Å². The Bertz CT molecular complexity index is 2100. The van der Waals surface area contributed by atoms with Crippen molar-refractivity contribution in [2.24, 2.45) is 0 Å². The Morgan fingerprint density at radius 1 is 0.500 bits per heavy atom. The van der Waals surface area contributed by atoms with Crippen molar-refractivity contribution in [3.05, 3.63) is 169 Å². The van der Waals surface area contributed by atoms with Crippen LogP contribution in [0.4, 0.5) is 34.1 Å². The van der Waals surface area contributed by atoms with Gasteiger partial charge in [-0.05, 0) is 90.9 Å². The van der Waals surface area contributed by atoms with Gasteiger partial charge in [-0.15, -0.1) is 0 Å². The fraction of sp³-hybridized carbons (Fsp3) is 0.0455. The van der Waals surface area contributed by atoms with Gasteiger partial charge >= 0.3 is 0 Å². The summed E-state index contributed by atoms with van der Waals surface area (Å²) < 4.78 is 2.37. The Hall–Kier alpha value is -6.00. The average molecular weight is 618 g/mol. The first-order valence-electron chi connectivity index (χ1n) is 16.6. The maximum Gasteiger partial charge on any atom is 0.252 e. The van der Waals surface area contributed by atoms with Gasteiger partial charge in [-0.25, -0.2) is 0 Å². The normalized spacial score (nSPS) is 13.1. The van der Waals surface area contributed by atoms with Crippen molar-refractivity contribution in [3.8, 4) is 5.69 Å². The summed E-state index contributed by atoms with van der Waals surface area (Å²) in [7, 11) is 0. The minimum absolute atomic E-state index is 0.0681. The van der Waals surface area contributed by atoms with Gasteiger partial charge in [0.1, 0.15) is 0 Å². The summed E-state index contributed by atoms with van der Waals surface area (Å²) in [6.07, 6.45) is 12.5. The largest absolute Gasteiger partial charge is 0.311 e. The quantitative estimate of drug-likeness (QED) is 0.165. The highest BCUT2D eigenvalue weighted by Crippen LogP contribution is 2.45. The predicted molar refractivity (Wildman–Crippen MR) is 209 cm³/mol. The molecule has 2 aliphatic rings. The highest BCUT2D eigenvalue weighted by atomic mass is 15.2. The van der Waals surface area contributed by atoms with Crippen LogP contribution in [0.5, 0.6) is 0 Å². The molecule has 3 nitrogen and oxygen atoms in total. The number of fused-ring (bicyclic) bond motifs is 4. The van der Waals surface area contributed by atoms with Crippen LogP contribution in [-0.4, -0.2) is 11.3 Å². The van der Waals surface area contributed by atoms with E-state index in [1.54, 1.807) is 0 Å². The van der Waals surface area contributed by atoms with E-state index < -0.39 is 0 Å². The number of benzene rings is 5. The maximum absolute atomic E-state index is 4.23. The standard InChI is InChI=1S/C44H36BN3/c1-5-19-38-34(7-3)35(8-4)39(20-6-2)48(38)33-29-42-44-43(30-33)47(32-23-13-10-14-24-32)41-28-18-16-26-37(41)45(44)36-25-15-17-27-40(36)46(42)31-21-11-9-12-22-31/h5-30H,3-4H2,1-2H3/b19-5-,20-6-. The summed E-state index contributed by atoms with van der Waals surface area (Å²) in [5.41, 5.74) is 16.2. The van der Waals surface area contributed by atoms with Crippen LogP contribution < -0.4 is 26.2 Å². The molecule has 0 saturated carbocycles. The number of anilines is 6. The monoisotopic (exact) mass is 617 g/mol. The Labute approximate surface area is 283 Å². The Balaban J connectivity index is 1.55. The second-order valence-corrected chi connectivity index (χ2v) is 12.1. The Morgan fingerprint density at radius 3 is 1.33 bits per heavy atom. The zero-order valence-electron chi connectivity index (χ0n) is 27.3. The molecule has 0 amide bonds. The topological polar surface area (TPSA) is 11.4 Å². The number of allylic oxidation sites excluding steroid dienone is 2. The SMILES string of the molecule is C=Cc1c(C=C)c(/C=C\C)n(-c2cc3c4c(c2)N(c2ccccc2)c2ccccc2B4c2ccccc2N3c2ccccc2)c1/C=C\C. The Morgan fingerprint density at radius 2 is 0.917 bits per heavy atom. The van der Waals surface area contributed by atoms with E-state index in [4.69, 9.17) is 0 Å². The van der Waals surface area contributed by atoms with Crippen LogP contribution in [0.1, 0.15) is 36.4 Å². The maximum atomic E-state index is 4.23. The van der Waals surface area contributed by atoms with E-state index in [1.165, 1.54) is 39.1 Å². The molecule has 0 unspecified atom stereocenters. The molecular formula is C44H36BN3. The summed E-state index contributed by atoms with van der Waals surface area (Å²) in [6, 6.07) is 44.1. The highest BCUT2D eigenvalue weighted by molar-refractivity contribution is 7.00. The number of hydrogen-bond acceptors (Lipinski definition) is 2. The number of hydrogen-bond donors (Lipinski definition) is 0. The van der Waals surface area contributed by atoms with Gasteiger partial charge in [0.05, 0.1) is 17.1 Å². The van der Waals surface area contributed by atoms with Gasteiger partial charge in [-0.2, -0.15) is 0 Å². The summed E-state index contributed by atoms with van der Waals surface area (Å²) in [5, 5.41) is 0. The summed E-state index contributed by atoms with van der Waals surface area (Å²) in [4.78, 5) is 4.89. The second-order valence-electron chi connectivity index (χ2n) is 12.1. The van der Waals surface area contributed by atoms with Crippen molar-refractivity contribution in [1.29, 1.82) is 0 Å². The zero-order chi connectivity index (χ0) is 32.8. The molecule has 0 radical (unpaired) electrons. The van der Waals surface area contributed by atoms with Gasteiger partial charge < -0.3 is 14.4 Å². The molecule has 0 aliphatic carbocycles. The lowest BCUT2D eigenvalue weighted by molar-refractivity contribution is 1.04. The van der Waals surface area contributed by atoms with Crippen molar-refractivity contribution >= 4 is 81.5 Å². The van der Waals surface area contributed by atoms with Crippen LogP contribution in [0.15, 0.2) is 147 Å². The molecule has 0 N–H and O–H groups in total. The molecule has 0 fully saturated rings. The van der Waals surface area contributed by atoms with E-state index in [2.05, 4.69) is 187 Å². The Kier molecular flexibility index (Phi) is 7.34. The molecule has 230 valence electrons. The number of rotatable bonds is 7. The highest BCUT2D eigenvalue weighted by Gasteiger charge is 2.43. The molecule has 8 rings (SSSR count). The van der Waals surface area contributed by atoms with Gasteiger partial charge in [0, 0.05) is 45.3 Å². The van der Waals surface area contributed by atoms with Crippen molar-refractivity contribution in [2.75, 3.05) is 9.80 Å². The minimum Gasteiger partial charge on any atom is -0.311 e. The van der Waals surface area contributed by atoms with Crippen LogP contribution in [0.25, 0.3) is 30.0 Å². The van der Waals surface area contributed by atoms with Crippen molar-refractivity contribution in [2.45, 2.75) is 13.8 Å². The zero-order valence-corrected chi connectivity index (χ0v) is 27.3. The molecule has 0 atom stereocenters. The molecule has 4 heteroatoms. The molecule has 2 aliphatic heterocycles. The van der Waals surface area contributed by atoms with Crippen molar-refractivity contribution < 1.29 is 0 Å². The molecule has 0 spiro atoms. The first-order chi connectivity index (χ1) is 23.7. The van der Waals surface area contributed by atoms with Gasteiger partial charge in [0.2, 0.25) is 0 Å². The first kappa shape index (κ1) is 29.4. The molecule has 3 heterocycles. The summed E-state index contributed by atoms with van der Waals surface area (Å²) >= 11 is 0. The fourth-order valence-electron chi connectivity index (χ4n) is 7.72. The molecule has 0 saturated heterocycles. The lowest BCUT2D eigenvalue weighted by atomic mass is 9.33. The smallest absolute Gasteiger partial charge is 0.252 e. The van der Waals surface area contributed by atoms with E-state index in [9.17, 15) is 0 Å². The molecule has 48 heavy (non-hydrogen) atoms. The molecule has 6 aromatic rings. The third-order valence-corrected chi connectivity index (χ3v) is 9.54. The van der Waals surface area contributed by atoms with Crippen LogP contribution in [-0.2, 0) is 0 Å². The summed E-state index contributed by atoms with van der Waals surface area (Å²) in [5.74, 6) is 0. The van der Waals surface area contributed by atoms with Crippen LogP contribution in [0.3, 0.4) is 0 Å². The first-order valence-corrected chi connectivity index (χ1v) is 16.6. The van der Waals surface area contributed by atoms with E-state index in [0.717, 1.165) is 39.6 Å². The average Bonchev–Trinajstić information content (AvgIpc) is 3.43. The molecular weight excluding hydrogens is 581 g/mol. The van der Waals surface area contributed by atoms with Crippen LogP contribution >= 0.6 is 0 Å². The third kappa shape index (κ3) is 4.37. The minimum atomic E-state index is 0.0681.